The summed E-state index contributed by atoms with van der Waals surface area (Å²) in [6.45, 7) is 0.594. The van der Waals surface area contributed by atoms with E-state index in [1.807, 2.05) is 54.7 Å². The second kappa shape index (κ2) is 9.30. The molecule has 6 nitrogen and oxygen atoms in total. The maximum atomic E-state index is 6.49. The number of allylic oxidation sites excluding steroid dienone is 1. The van der Waals surface area contributed by atoms with E-state index in [9.17, 15) is 0 Å². The Morgan fingerprint density at radius 3 is 2.62 bits per heavy atom. The molecule has 0 saturated carbocycles. The van der Waals surface area contributed by atoms with Gasteiger partial charge in [-0.2, -0.15) is 0 Å². The monoisotopic (exact) mass is 458 g/mol. The summed E-state index contributed by atoms with van der Waals surface area (Å²) in [6.07, 6.45) is 4.70. The highest BCUT2D eigenvalue weighted by molar-refractivity contribution is 7.10. The smallest absolute Gasteiger partial charge is 0.175 e. The number of halogens is 1. The minimum Gasteiger partial charge on any atom is -0.320 e. The molecular formula is C24H19ClN6S. The molecule has 0 radical (unpaired) electrons. The summed E-state index contributed by atoms with van der Waals surface area (Å²) in [4.78, 5) is 5.99. The standard InChI is InChI=1S/C24H19ClN6S/c25-22-11-5-4-9-18(22)16-31-20(15-26-24(31)17-7-2-1-3-8-17)13-19(23-27-29-30-28-23)14-21-10-6-12-32-21/h1-13,15H,14,16H2,(H,27,28,29,30)/b19-13+. The number of tetrazole rings is 1. The summed E-state index contributed by atoms with van der Waals surface area (Å²) in [7, 11) is 0. The Bertz CT molecular complexity index is 1320. The maximum absolute atomic E-state index is 6.49. The Kier molecular flexibility index (Phi) is 5.91. The van der Waals surface area contributed by atoms with E-state index in [-0.39, 0.29) is 0 Å². The van der Waals surface area contributed by atoms with Gasteiger partial charge in [0.25, 0.3) is 0 Å². The lowest BCUT2D eigenvalue weighted by molar-refractivity contribution is 0.799. The van der Waals surface area contributed by atoms with Crippen molar-refractivity contribution in [2.24, 2.45) is 0 Å². The van der Waals surface area contributed by atoms with Crippen LogP contribution in [-0.2, 0) is 13.0 Å². The average Bonchev–Trinajstić information content (AvgIpc) is 3.59. The second-order valence-corrected chi connectivity index (χ2v) is 8.67. The number of hydrogen-bond acceptors (Lipinski definition) is 5. The second-order valence-electron chi connectivity index (χ2n) is 7.23. The van der Waals surface area contributed by atoms with Gasteiger partial charge >= 0.3 is 0 Å². The van der Waals surface area contributed by atoms with Gasteiger partial charge in [0.2, 0.25) is 0 Å². The molecule has 3 aromatic heterocycles. The van der Waals surface area contributed by atoms with Crippen LogP contribution in [0.2, 0.25) is 5.02 Å². The number of benzene rings is 2. The van der Waals surface area contributed by atoms with E-state index >= 15 is 0 Å². The van der Waals surface area contributed by atoms with Crippen molar-refractivity contribution in [1.82, 2.24) is 30.2 Å². The molecule has 5 aromatic rings. The zero-order valence-electron chi connectivity index (χ0n) is 17.0. The Morgan fingerprint density at radius 1 is 1.03 bits per heavy atom. The fraction of sp³-hybridized carbons (Fsp3) is 0.0833. The van der Waals surface area contributed by atoms with E-state index in [0.717, 1.165) is 33.2 Å². The van der Waals surface area contributed by atoms with E-state index in [4.69, 9.17) is 16.6 Å². The largest absolute Gasteiger partial charge is 0.320 e. The van der Waals surface area contributed by atoms with Crippen molar-refractivity contribution in [2.75, 3.05) is 0 Å². The van der Waals surface area contributed by atoms with Crippen LogP contribution >= 0.6 is 22.9 Å². The van der Waals surface area contributed by atoms with E-state index in [1.54, 1.807) is 11.3 Å². The van der Waals surface area contributed by atoms with Crippen LogP contribution in [0.5, 0.6) is 0 Å². The molecule has 0 saturated heterocycles. The lowest BCUT2D eigenvalue weighted by Crippen LogP contribution is -2.05. The molecule has 0 aliphatic carbocycles. The van der Waals surface area contributed by atoms with Gasteiger partial charge in [-0.25, -0.2) is 10.1 Å². The van der Waals surface area contributed by atoms with Crippen LogP contribution in [0.25, 0.3) is 23.0 Å². The van der Waals surface area contributed by atoms with Crippen molar-refractivity contribution in [1.29, 1.82) is 0 Å². The molecule has 0 bridgehead atoms. The van der Waals surface area contributed by atoms with Crippen LogP contribution in [0.15, 0.2) is 78.3 Å². The Hall–Kier alpha value is -3.55. The van der Waals surface area contributed by atoms with Crippen LogP contribution in [0.4, 0.5) is 0 Å². The first-order chi connectivity index (χ1) is 15.8. The summed E-state index contributed by atoms with van der Waals surface area (Å²) in [6, 6.07) is 22.2. The van der Waals surface area contributed by atoms with Gasteiger partial charge in [-0.1, -0.05) is 66.2 Å². The van der Waals surface area contributed by atoms with Crippen LogP contribution < -0.4 is 0 Å². The Balaban J connectivity index is 1.62. The van der Waals surface area contributed by atoms with Gasteiger partial charge in [-0.3, -0.25) is 0 Å². The quantitative estimate of drug-likeness (QED) is 0.344. The Morgan fingerprint density at radius 2 is 1.88 bits per heavy atom. The molecule has 32 heavy (non-hydrogen) atoms. The summed E-state index contributed by atoms with van der Waals surface area (Å²) in [5.41, 5.74) is 4.00. The van der Waals surface area contributed by atoms with E-state index in [2.05, 4.69) is 54.8 Å². The zero-order chi connectivity index (χ0) is 21.8. The van der Waals surface area contributed by atoms with Crippen molar-refractivity contribution in [3.63, 3.8) is 0 Å². The van der Waals surface area contributed by atoms with Crippen LogP contribution in [-0.4, -0.2) is 30.2 Å². The van der Waals surface area contributed by atoms with Crippen LogP contribution in [0.3, 0.4) is 0 Å². The van der Waals surface area contributed by atoms with Gasteiger partial charge < -0.3 is 4.57 Å². The molecule has 2 aromatic carbocycles. The van der Waals surface area contributed by atoms with Gasteiger partial charge in [0, 0.05) is 27.5 Å². The predicted octanol–water partition coefficient (Wildman–Crippen LogP) is 5.61. The highest BCUT2D eigenvalue weighted by atomic mass is 35.5. The molecular weight excluding hydrogens is 440 g/mol. The third kappa shape index (κ3) is 4.39. The first-order valence-electron chi connectivity index (χ1n) is 10.1. The number of imidazole rings is 1. The van der Waals surface area contributed by atoms with E-state index < -0.39 is 0 Å². The molecule has 0 amide bonds. The number of hydrogen-bond donors (Lipinski definition) is 1. The lowest BCUT2D eigenvalue weighted by atomic mass is 10.1. The lowest BCUT2D eigenvalue weighted by Gasteiger charge is -2.13. The van der Waals surface area contributed by atoms with Crippen LogP contribution in [0.1, 0.15) is 22.0 Å². The third-order valence-corrected chi connectivity index (χ3v) is 6.37. The number of aromatic amines is 1. The van der Waals surface area contributed by atoms with Crippen molar-refractivity contribution in [3.05, 3.63) is 105 Å². The van der Waals surface area contributed by atoms with E-state index in [1.165, 1.54) is 4.88 Å². The number of thiophene rings is 1. The number of aromatic nitrogens is 6. The molecule has 0 aliphatic rings. The molecule has 0 atom stereocenters. The molecule has 0 unspecified atom stereocenters. The normalized spacial score (nSPS) is 11.7. The highest BCUT2D eigenvalue weighted by Gasteiger charge is 2.15. The minimum atomic E-state index is 0.594. The molecule has 5 rings (SSSR count). The van der Waals surface area contributed by atoms with Crippen molar-refractivity contribution >= 4 is 34.6 Å². The molecule has 3 heterocycles. The SMILES string of the molecule is Clc1ccccc1Cn1c(/C=C(\Cc2cccs2)c2nnn[nH]2)cnc1-c1ccccc1. The molecule has 0 fully saturated rings. The Labute approximate surface area is 194 Å². The number of rotatable bonds is 7. The van der Waals surface area contributed by atoms with Crippen molar-refractivity contribution < 1.29 is 0 Å². The minimum absolute atomic E-state index is 0.594. The maximum Gasteiger partial charge on any atom is 0.175 e. The molecule has 0 spiro atoms. The van der Waals surface area contributed by atoms with Gasteiger partial charge in [0.05, 0.1) is 18.4 Å². The summed E-state index contributed by atoms with van der Waals surface area (Å²) in [5.74, 6) is 1.52. The van der Waals surface area contributed by atoms with E-state index in [0.29, 0.717) is 18.8 Å². The number of nitrogens with one attached hydrogen (secondary N) is 1. The zero-order valence-corrected chi connectivity index (χ0v) is 18.6. The first kappa shape index (κ1) is 20.4. The van der Waals surface area contributed by atoms with Gasteiger partial charge in [-0.05, 0) is 39.6 Å². The molecule has 1 N–H and O–H groups in total. The fourth-order valence-electron chi connectivity index (χ4n) is 3.56. The molecule has 8 heteroatoms. The fourth-order valence-corrected chi connectivity index (χ4v) is 4.49. The van der Waals surface area contributed by atoms with Gasteiger partial charge in [0.15, 0.2) is 5.82 Å². The third-order valence-electron chi connectivity index (χ3n) is 5.12. The molecule has 158 valence electrons. The van der Waals surface area contributed by atoms with Crippen molar-refractivity contribution in [2.45, 2.75) is 13.0 Å². The highest BCUT2D eigenvalue weighted by Crippen LogP contribution is 2.27. The summed E-state index contributed by atoms with van der Waals surface area (Å²) >= 11 is 8.20. The van der Waals surface area contributed by atoms with Gasteiger partial charge in [0.1, 0.15) is 5.82 Å². The van der Waals surface area contributed by atoms with Crippen molar-refractivity contribution in [3.8, 4) is 11.4 Å². The van der Waals surface area contributed by atoms with Gasteiger partial charge in [-0.15, -0.1) is 16.4 Å². The first-order valence-corrected chi connectivity index (χ1v) is 11.3. The average molecular weight is 459 g/mol. The summed E-state index contributed by atoms with van der Waals surface area (Å²) in [5, 5.41) is 17.4. The molecule has 0 aliphatic heterocycles. The number of H-pyrrole nitrogens is 1. The topological polar surface area (TPSA) is 72.3 Å². The predicted molar refractivity (Wildman–Crippen MR) is 128 cm³/mol. The summed E-state index contributed by atoms with van der Waals surface area (Å²) < 4.78 is 2.18. The number of nitrogens with zero attached hydrogens (tertiary/aromatic N) is 5. The van der Waals surface area contributed by atoms with Crippen LogP contribution in [0, 0.1) is 0 Å².